The van der Waals surface area contributed by atoms with Crippen molar-refractivity contribution in [2.45, 2.75) is 25.7 Å². The Labute approximate surface area is 89.5 Å². The normalized spacial score (nSPS) is 17.7. The van der Waals surface area contributed by atoms with Crippen LogP contribution in [0.5, 0.6) is 0 Å². The summed E-state index contributed by atoms with van der Waals surface area (Å²) >= 11 is 0. The van der Waals surface area contributed by atoms with E-state index < -0.39 is 0 Å². The SMILES string of the molecule is Cc1nc(C2CCOCC2)c(C#N)n1C. The van der Waals surface area contributed by atoms with Gasteiger partial charge in [0.15, 0.2) is 0 Å². The van der Waals surface area contributed by atoms with E-state index in [0.717, 1.165) is 37.6 Å². The molecular formula is C11H15N3O. The zero-order chi connectivity index (χ0) is 10.8. The Balaban J connectivity index is 2.35. The molecule has 0 atom stereocenters. The third-order valence-corrected chi connectivity index (χ3v) is 3.06. The van der Waals surface area contributed by atoms with Crippen LogP contribution in [-0.4, -0.2) is 22.8 Å². The fraction of sp³-hybridized carbons (Fsp3) is 0.636. The van der Waals surface area contributed by atoms with Gasteiger partial charge in [-0.1, -0.05) is 0 Å². The third-order valence-electron chi connectivity index (χ3n) is 3.06. The Hall–Kier alpha value is -1.34. The van der Waals surface area contributed by atoms with Crippen molar-refractivity contribution in [1.29, 1.82) is 5.26 Å². The zero-order valence-electron chi connectivity index (χ0n) is 9.16. The molecule has 0 saturated carbocycles. The average Bonchev–Trinajstić information content (AvgIpc) is 2.56. The molecule has 4 heteroatoms. The molecule has 0 radical (unpaired) electrons. The number of imidazole rings is 1. The number of nitriles is 1. The first-order valence-corrected chi connectivity index (χ1v) is 5.25. The Morgan fingerprint density at radius 2 is 2.13 bits per heavy atom. The van der Waals surface area contributed by atoms with E-state index in [2.05, 4.69) is 11.1 Å². The van der Waals surface area contributed by atoms with Crippen LogP contribution in [-0.2, 0) is 11.8 Å². The summed E-state index contributed by atoms with van der Waals surface area (Å²) in [4.78, 5) is 4.49. The van der Waals surface area contributed by atoms with Crippen molar-refractivity contribution in [3.8, 4) is 6.07 Å². The maximum absolute atomic E-state index is 9.10. The van der Waals surface area contributed by atoms with E-state index in [1.54, 1.807) is 0 Å². The van der Waals surface area contributed by atoms with Crippen LogP contribution in [0.25, 0.3) is 0 Å². The topological polar surface area (TPSA) is 50.8 Å². The molecule has 1 fully saturated rings. The Bertz CT molecular complexity index is 397. The molecule has 1 aromatic rings. The monoisotopic (exact) mass is 205 g/mol. The van der Waals surface area contributed by atoms with Crippen LogP contribution in [0.3, 0.4) is 0 Å². The maximum Gasteiger partial charge on any atom is 0.143 e. The smallest absolute Gasteiger partial charge is 0.143 e. The van der Waals surface area contributed by atoms with Gasteiger partial charge in [-0.15, -0.1) is 0 Å². The first-order chi connectivity index (χ1) is 7.24. The van der Waals surface area contributed by atoms with Crippen molar-refractivity contribution in [3.05, 3.63) is 17.2 Å². The molecule has 15 heavy (non-hydrogen) atoms. The number of aryl methyl sites for hydroxylation is 1. The number of ether oxygens (including phenoxy) is 1. The standard InChI is InChI=1S/C11H15N3O/c1-8-13-11(10(7-12)14(8)2)9-3-5-15-6-4-9/h9H,3-6H2,1-2H3. The van der Waals surface area contributed by atoms with Gasteiger partial charge in [-0.05, 0) is 19.8 Å². The lowest BCUT2D eigenvalue weighted by Gasteiger charge is -2.20. The molecule has 0 aliphatic carbocycles. The summed E-state index contributed by atoms with van der Waals surface area (Å²) < 4.78 is 7.18. The van der Waals surface area contributed by atoms with E-state index in [1.165, 1.54) is 0 Å². The lowest BCUT2D eigenvalue weighted by atomic mass is 9.95. The lowest BCUT2D eigenvalue weighted by Crippen LogP contribution is -2.15. The van der Waals surface area contributed by atoms with Crippen molar-refractivity contribution < 1.29 is 4.74 Å². The van der Waals surface area contributed by atoms with Crippen LogP contribution in [0.15, 0.2) is 0 Å². The fourth-order valence-electron chi connectivity index (χ4n) is 2.02. The van der Waals surface area contributed by atoms with Crippen LogP contribution in [0.4, 0.5) is 0 Å². The van der Waals surface area contributed by atoms with Gasteiger partial charge in [0.05, 0.1) is 5.69 Å². The third kappa shape index (κ3) is 1.75. The van der Waals surface area contributed by atoms with E-state index in [1.807, 2.05) is 18.5 Å². The molecule has 1 aliphatic heterocycles. The molecule has 1 saturated heterocycles. The van der Waals surface area contributed by atoms with Gasteiger partial charge in [0.1, 0.15) is 17.6 Å². The highest BCUT2D eigenvalue weighted by atomic mass is 16.5. The minimum absolute atomic E-state index is 0.397. The van der Waals surface area contributed by atoms with Crippen LogP contribution < -0.4 is 0 Å². The Kier molecular flexibility index (Phi) is 2.74. The predicted molar refractivity (Wildman–Crippen MR) is 55.5 cm³/mol. The van der Waals surface area contributed by atoms with Gasteiger partial charge < -0.3 is 9.30 Å². The minimum atomic E-state index is 0.397. The summed E-state index contributed by atoms with van der Waals surface area (Å²) in [5.41, 5.74) is 1.67. The molecule has 80 valence electrons. The van der Waals surface area contributed by atoms with E-state index in [9.17, 15) is 0 Å². The van der Waals surface area contributed by atoms with Gasteiger partial charge >= 0.3 is 0 Å². The summed E-state index contributed by atoms with van der Waals surface area (Å²) in [6, 6.07) is 2.24. The first kappa shape index (κ1) is 10.2. The lowest BCUT2D eigenvalue weighted by molar-refractivity contribution is 0.0845. The van der Waals surface area contributed by atoms with Gasteiger partial charge in [0.2, 0.25) is 0 Å². The van der Waals surface area contributed by atoms with Gasteiger partial charge in [-0.2, -0.15) is 5.26 Å². The Morgan fingerprint density at radius 3 is 2.73 bits per heavy atom. The van der Waals surface area contributed by atoms with E-state index in [-0.39, 0.29) is 0 Å². The maximum atomic E-state index is 9.10. The van der Waals surface area contributed by atoms with Crippen LogP contribution in [0, 0.1) is 18.3 Å². The highest BCUT2D eigenvalue weighted by Gasteiger charge is 2.23. The molecule has 1 aromatic heterocycles. The quantitative estimate of drug-likeness (QED) is 0.698. The van der Waals surface area contributed by atoms with E-state index in [4.69, 9.17) is 10.00 Å². The summed E-state index contributed by atoms with van der Waals surface area (Å²) in [7, 11) is 1.89. The van der Waals surface area contributed by atoms with Crippen molar-refractivity contribution in [2.24, 2.45) is 7.05 Å². The molecule has 0 N–H and O–H groups in total. The number of rotatable bonds is 1. The van der Waals surface area contributed by atoms with E-state index >= 15 is 0 Å². The average molecular weight is 205 g/mol. The number of hydrogen-bond acceptors (Lipinski definition) is 3. The van der Waals surface area contributed by atoms with Crippen LogP contribution in [0.1, 0.15) is 36.0 Å². The Morgan fingerprint density at radius 1 is 1.47 bits per heavy atom. The van der Waals surface area contributed by atoms with Crippen molar-refractivity contribution in [1.82, 2.24) is 9.55 Å². The molecule has 0 spiro atoms. The highest BCUT2D eigenvalue weighted by Crippen LogP contribution is 2.28. The second-order valence-corrected chi connectivity index (χ2v) is 3.95. The molecule has 0 amide bonds. The predicted octanol–water partition coefficient (Wildman–Crippen LogP) is 1.49. The summed E-state index contributed by atoms with van der Waals surface area (Å²) in [6.07, 6.45) is 1.95. The van der Waals surface area contributed by atoms with Crippen LogP contribution >= 0.6 is 0 Å². The largest absolute Gasteiger partial charge is 0.381 e. The highest BCUT2D eigenvalue weighted by molar-refractivity contribution is 5.32. The fourth-order valence-corrected chi connectivity index (χ4v) is 2.02. The second-order valence-electron chi connectivity index (χ2n) is 3.95. The van der Waals surface area contributed by atoms with Crippen molar-refractivity contribution >= 4 is 0 Å². The number of hydrogen-bond donors (Lipinski definition) is 0. The van der Waals surface area contributed by atoms with E-state index in [0.29, 0.717) is 11.6 Å². The van der Waals surface area contributed by atoms with Gasteiger partial charge in [-0.3, -0.25) is 0 Å². The molecule has 1 aliphatic rings. The number of aromatic nitrogens is 2. The summed E-state index contributed by atoms with van der Waals surface area (Å²) in [5, 5.41) is 9.10. The number of nitrogens with zero attached hydrogens (tertiary/aromatic N) is 3. The first-order valence-electron chi connectivity index (χ1n) is 5.25. The summed E-state index contributed by atoms with van der Waals surface area (Å²) in [5.74, 6) is 1.31. The molecule has 0 unspecified atom stereocenters. The minimum Gasteiger partial charge on any atom is -0.381 e. The zero-order valence-corrected chi connectivity index (χ0v) is 9.16. The van der Waals surface area contributed by atoms with Gasteiger partial charge in [0.25, 0.3) is 0 Å². The molecule has 4 nitrogen and oxygen atoms in total. The molecular weight excluding hydrogens is 190 g/mol. The van der Waals surface area contributed by atoms with Crippen LogP contribution in [0.2, 0.25) is 0 Å². The van der Waals surface area contributed by atoms with Gasteiger partial charge in [0, 0.05) is 26.2 Å². The molecule has 0 aromatic carbocycles. The molecule has 2 heterocycles. The van der Waals surface area contributed by atoms with Gasteiger partial charge in [-0.25, -0.2) is 4.98 Å². The van der Waals surface area contributed by atoms with Crippen molar-refractivity contribution in [3.63, 3.8) is 0 Å². The van der Waals surface area contributed by atoms with Crippen molar-refractivity contribution in [2.75, 3.05) is 13.2 Å². The second kappa shape index (κ2) is 4.03. The summed E-state index contributed by atoms with van der Waals surface area (Å²) in [6.45, 7) is 3.50. The molecule has 2 rings (SSSR count). The molecule has 0 bridgehead atoms.